The number of likely N-dealkylation sites (tertiary alicyclic amines) is 1. The maximum Gasteiger partial charge on any atom is 0.410 e. The first-order valence-corrected chi connectivity index (χ1v) is 18.5. The molecule has 4 aromatic carbocycles. The second-order valence-corrected chi connectivity index (χ2v) is 14.7. The summed E-state index contributed by atoms with van der Waals surface area (Å²) in [6.45, 7) is 8.33. The largest absolute Gasteiger partial charge is 0.495 e. The minimum Gasteiger partial charge on any atom is -0.495 e. The number of rotatable bonds is 16. The third kappa shape index (κ3) is 12.0. The number of methoxy groups -OCH3 is 2. The van der Waals surface area contributed by atoms with Crippen molar-refractivity contribution in [2.24, 2.45) is 0 Å². The molecule has 0 aliphatic carbocycles. The van der Waals surface area contributed by atoms with E-state index in [1.165, 1.54) is 0 Å². The van der Waals surface area contributed by atoms with Crippen molar-refractivity contribution in [1.82, 2.24) is 4.90 Å². The Labute approximate surface area is 322 Å². The van der Waals surface area contributed by atoms with Gasteiger partial charge in [-0.3, -0.25) is 0 Å². The predicted octanol–water partition coefficient (Wildman–Crippen LogP) is 9.50. The van der Waals surface area contributed by atoms with E-state index in [0.29, 0.717) is 54.5 Å². The van der Waals surface area contributed by atoms with Gasteiger partial charge in [0.2, 0.25) is 0 Å². The first kappa shape index (κ1) is 40.2. The number of benzene rings is 4. The lowest BCUT2D eigenvalue weighted by Gasteiger charge is -2.43. The molecule has 1 aliphatic rings. The number of hydrogen-bond donors (Lipinski definition) is 0. The highest BCUT2D eigenvalue weighted by molar-refractivity contribution is 6.32. The fourth-order valence-corrected chi connectivity index (χ4v) is 6.66. The van der Waals surface area contributed by atoms with Gasteiger partial charge in [-0.05, 0) is 79.4 Å². The van der Waals surface area contributed by atoms with Gasteiger partial charge >= 0.3 is 6.09 Å². The summed E-state index contributed by atoms with van der Waals surface area (Å²) in [5.74, 6) is 1.66. The smallest absolute Gasteiger partial charge is 0.410 e. The Balaban J connectivity index is 1.34. The Hall–Kier alpha value is -3.99. The van der Waals surface area contributed by atoms with Crippen LogP contribution in [0.4, 0.5) is 4.79 Å². The molecule has 1 aliphatic heterocycles. The summed E-state index contributed by atoms with van der Waals surface area (Å²) in [6, 6.07) is 29.2. The second kappa shape index (κ2) is 19.4. The van der Waals surface area contributed by atoms with Gasteiger partial charge in [-0.1, -0.05) is 77.8 Å². The van der Waals surface area contributed by atoms with Crippen molar-refractivity contribution < 1.29 is 38.0 Å². The molecule has 1 fully saturated rings. The van der Waals surface area contributed by atoms with Crippen LogP contribution >= 0.6 is 23.2 Å². The third-order valence-corrected chi connectivity index (χ3v) is 9.28. The van der Waals surface area contributed by atoms with Gasteiger partial charge in [-0.25, -0.2) is 4.79 Å². The van der Waals surface area contributed by atoms with Crippen LogP contribution in [0.5, 0.6) is 17.2 Å². The van der Waals surface area contributed by atoms with Crippen molar-refractivity contribution in [2.75, 3.05) is 40.5 Å². The van der Waals surface area contributed by atoms with Crippen LogP contribution in [-0.4, -0.2) is 69.3 Å². The normalized spacial score (nSPS) is 17.3. The lowest BCUT2D eigenvalue weighted by molar-refractivity contribution is -0.100. The van der Waals surface area contributed by atoms with E-state index in [0.717, 1.165) is 34.4 Å². The van der Waals surface area contributed by atoms with Crippen LogP contribution in [0.2, 0.25) is 10.0 Å². The molecule has 1 amide bonds. The van der Waals surface area contributed by atoms with Gasteiger partial charge < -0.3 is 38.1 Å². The molecule has 0 saturated carbocycles. The minimum atomic E-state index is -0.676. The first-order valence-electron chi connectivity index (χ1n) is 17.7. The van der Waals surface area contributed by atoms with E-state index < -0.39 is 23.9 Å². The second-order valence-electron chi connectivity index (χ2n) is 13.9. The van der Waals surface area contributed by atoms with E-state index in [1.54, 1.807) is 19.1 Å². The number of nitrogens with zero attached hydrogens (tertiary/aromatic N) is 1. The number of piperidine rings is 1. The van der Waals surface area contributed by atoms with Crippen molar-refractivity contribution in [3.05, 3.63) is 123 Å². The van der Waals surface area contributed by atoms with Crippen LogP contribution in [0.15, 0.2) is 91.0 Å². The topological polar surface area (TPSA) is 84.9 Å². The maximum atomic E-state index is 13.5. The molecule has 9 nitrogen and oxygen atoms in total. The van der Waals surface area contributed by atoms with E-state index in [2.05, 4.69) is 0 Å². The number of carbonyl (C=O) groups is 1. The fraction of sp³-hybridized carbons (Fsp3) is 0.405. The molecule has 0 bridgehead atoms. The fourth-order valence-electron chi connectivity index (χ4n) is 6.10. The monoisotopic (exact) mass is 765 g/mol. The van der Waals surface area contributed by atoms with Crippen LogP contribution in [-0.2, 0) is 38.8 Å². The van der Waals surface area contributed by atoms with E-state index in [-0.39, 0.29) is 19.1 Å². The molecule has 2 atom stereocenters. The van der Waals surface area contributed by atoms with Gasteiger partial charge in [-0.2, -0.15) is 0 Å². The predicted molar refractivity (Wildman–Crippen MR) is 206 cm³/mol. The van der Waals surface area contributed by atoms with Gasteiger partial charge in [0.15, 0.2) is 0 Å². The summed E-state index contributed by atoms with van der Waals surface area (Å²) >= 11 is 12.9. The average Bonchev–Trinajstić information content (AvgIpc) is 3.14. The Morgan fingerprint density at radius 2 is 1.28 bits per heavy atom. The summed E-state index contributed by atoms with van der Waals surface area (Å²) in [5, 5.41) is 0.976. The van der Waals surface area contributed by atoms with Crippen molar-refractivity contribution in [1.29, 1.82) is 0 Å². The van der Waals surface area contributed by atoms with Gasteiger partial charge in [0, 0.05) is 12.3 Å². The quantitative estimate of drug-likeness (QED) is 0.104. The van der Waals surface area contributed by atoms with Crippen molar-refractivity contribution in [3.63, 3.8) is 0 Å². The number of ether oxygens (including phenoxy) is 7. The van der Waals surface area contributed by atoms with Crippen molar-refractivity contribution >= 4 is 29.3 Å². The maximum absolute atomic E-state index is 13.5. The Kier molecular flexibility index (Phi) is 14.7. The van der Waals surface area contributed by atoms with Crippen LogP contribution in [0, 0.1) is 0 Å². The van der Waals surface area contributed by atoms with Crippen LogP contribution in [0.3, 0.4) is 0 Å². The molecule has 0 spiro atoms. The highest BCUT2D eigenvalue weighted by Crippen LogP contribution is 2.36. The molecule has 4 aromatic rings. The summed E-state index contributed by atoms with van der Waals surface area (Å²) in [5.41, 5.74) is 3.19. The first-order chi connectivity index (χ1) is 25.5. The van der Waals surface area contributed by atoms with Gasteiger partial charge in [0.05, 0.1) is 82.6 Å². The van der Waals surface area contributed by atoms with Gasteiger partial charge in [0.1, 0.15) is 22.8 Å². The van der Waals surface area contributed by atoms with E-state index in [4.69, 9.17) is 56.4 Å². The third-order valence-electron chi connectivity index (χ3n) is 8.69. The highest BCUT2D eigenvalue weighted by Gasteiger charge is 2.42. The lowest BCUT2D eigenvalue weighted by atomic mass is 9.84. The van der Waals surface area contributed by atoms with E-state index in [9.17, 15) is 4.79 Å². The molecule has 5 rings (SSSR count). The van der Waals surface area contributed by atoms with E-state index in [1.807, 2.05) is 112 Å². The van der Waals surface area contributed by atoms with Crippen LogP contribution in [0.1, 0.15) is 55.4 Å². The Bertz CT molecular complexity index is 1680. The SMILES string of the molecule is COc1ccc(COC2CN(C(=O)OC(C)(C)C)CC(OCc3ccc(OC)c(Cl)c3)C2c2ccc(OCCCOCc3ccccc3)cc2)cc1Cl. The summed E-state index contributed by atoms with van der Waals surface area (Å²) < 4.78 is 41.7. The molecule has 0 radical (unpaired) electrons. The summed E-state index contributed by atoms with van der Waals surface area (Å²) in [7, 11) is 3.15. The molecule has 1 saturated heterocycles. The zero-order chi connectivity index (χ0) is 37.8. The molecule has 53 heavy (non-hydrogen) atoms. The standard InChI is InChI=1S/C42H49Cl2NO8/c1-42(2,3)53-41(46)45-24-38(51-27-30-12-18-36(47-4)34(43)22-30)40(39(25-45)52-28-31-13-19-37(48-5)35(44)23-31)32-14-16-33(17-15-32)50-21-9-20-49-26-29-10-7-6-8-11-29/h6-8,10-19,22-23,38-40H,9,20-21,24-28H2,1-5H3. The molecule has 284 valence electrons. The minimum absolute atomic E-state index is 0.251. The molecule has 0 aromatic heterocycles. The molecular formula is C42H49Cl2NO8. The van der Waals surface area contributed by atoms with Gasteiger partial charge in [-0.15, -0.1) is 0 Å². The van der Waals surface area contributed by atoms with Crippen LogP contribution in [0.25, 0.3) is 0 Å². The van der Waals surface area contributed by atoms with Crippen molar-refractivity contribution in [3.8, 4) is 17.2 Å². The summed E-state index contributed by atoms with van der Waals surface area (Å²) in [4.78, 5) is 15.2. The van der Waals surface area contributed by atoms with Gasteiger partial charge in [0.25, 0.3) is 0 Å². The molecule has 1 heterocycles. The number of hydrogen-bond acceptors (Lipinski definition) is 8. The Morgan fingerprint density at radius 3 is 1.79 bits per heavy atom. The Morgan fingerprint density at radius 1 is 0.717 bits per heavy atom. The lowest BCUT2D eigenvalue weighted by Crippen LogP contribution is -2.55. The highest BCUT2D eigenvalue weighted by atomic mass is 35.5. The molecule has 0 N–H and O–H groups in total. The van der Waals surface area contributed by atoms with Crippen molar-refractivity contribution in [2.45, 2.75) is 70.7 Å². The zero-order valence-electron chi connectivity index (χ0n) is 31.0. The average molecular weight is 767 g/mol. The molecular weight excluding hydrogens is 717 g/mol. The molecule has 11 heteroatoms. The molecule has 2 unspecified atom stereocenters. The zero-order valence-corrected chi connectivity index (χ0v) is 32.5. The van der Waals surface area contributed by atoms with Crippen LogP contribution < -0.4 is 14.2 Å². The number of carbonyl (C=O) groups excluding carboxylic acids is 1. The van der Waals surface area contributed by atoms with E-state index >= 15 is 0 Å². The number of halogens is 2. The number of amides is 1. The summed E-state index contributed by atoms with van der Waals surface area (Å²) in [6.07, 6.45) is -0.603.